The fourth-order valence-electron chi connectivity index (χ4n) is 2.00. The highest BCUT2D eigenvalue weighted by Crippen LogP contribution is 2.18. The summed E-state index contributed by atoms with van der Waals surface area (Å²) in [6.07, 6.45) is 9.43. The fourth-order valence-corrected chi connectivity index (χ4v) is 2.00. The third-order valence-electron chi connectivity index (χ3n) is 3.25. The molecule has 0 amide bonds. The van der Waals surface area contributed by atoms with Crippen LogP contribution in [-0.2, 0) is 0 Å². The Morgan fingerprint density at radius 3 is 2.82 bits per heavy atom. The van der Waals surface area contributed by atoms with E-state index >= 15 is 0 Å². The van der Waals surface area contributed by atoms with E-state index in [-0.39, 0.29) is 5.78 Å². The van der Waals surface area contributed by atoms with Crippen molar-refractivity contribution < 1.29 is 4.79 Å². The molecule has 2 heterocycles. The first kappa shape index (κ1) is 11.8. The fraction of sp³-hybridized carbons (Fsp3) is 0.462. The Kier molecular flexibility index (Phi) is 3.52. The van der Waals surface area contributed by atoms with Crippen LogP contribution in [0.3, 0.4) is 0 Å². The van der Waals surface area contributed by atoms with E-state index in [2.05, 4.69) is 23.9 Å². The molecule has 0 radical (unpaired) electrons. The predicted octanol–water partition coefficient (Wildman–Crippen LogP) is 2.74. The van der Waals surface area contributed by atoms with Crippen molar-refractivity contribution in [3.8, 4) is 0 Å². The van der Waals surface area contributed by atoms with E-state index in [1.165, 1.54) is 0 Å². The molecule has 0 aliphatic rings. The molecule has 0 saturated heterocycles. The summed E-state index contributed by atoms with van der Waals surface area (Å²) in [5.74, 6) is 0.635. The van der Waals surface area contributed by atoms with Crippen molar-refractivity contribution in [1.82, 2.24) is 14.6 Å². The molecule has 17 heavy (non-hydrogen) atoms. The van der Waals surface area contributed by atoms with Crippen molar-refractivity contribution in [3.05, 3.63) is 30.4 Å². The molecule has 0 bridgehead atoms. The van der Waals surface area contributed by atoms with Crippen LogP contribution >= 0.6 is 0 Å². The van der Waals surface area contributed by atoms with Gasteiger partial charge in [0.15, 0.2) is 5.78 Å². The Hall–Kier alpha value is -1.71. The second-order valence-electron chi connectivity index (χ2n) is 4.27. The highest BCUT2D eigenvalue weighted by atomic mass is 16.1. The number of ketones is 1. The summed E-state index contributed by atoms with van der Waals surface area (Å²) < 4.78 is 1.69. The molecule has 0 spiro atoms. The third-order valence-corrected chi connectivity index (χ3v) is 3.25. The van der Waals surface area contributed by atoms with Crippen molar-refractivity contribution in [2.75, 3.05) is 0 Å². The van der Waals surface area contributed by atoms with Crippen molar-refractivity contribution in [3.63, 3.8) is 0 Å². The number of carbonyl (C=O) groups is 1. The van der Waals surface area contributed by atoms with Crippen LogP contribution in [0.15, 0.2) is 24.8 Å². The molecule has 0 N–H and O–H groups in total. The minimum absolute atomic E-state index is 0.168. The number of rotatable bonds is 5. The standard InChI is InChI=1S/C13H17N3O/c1-3-10(4-2)7-13(17)11-8-15-16-6-5-14-9-12(11)16/h5-6,8-10H,3-4,7H2,1-2H3. The van der Waals surface area contributed by atoms with E-state index in [0.717, 1.165) is 18.4 Å². The summed E-state index contributed by atoms with van der Waals surface area (Å²) in [4.78, 5) is 16.2. The van der Waals surface area contributed by atoms with Gasteiger partial charge in [0.2, 0.25) is 0 Å². The van der Waals surface area contributed by atoms with E-state index < -0.39 is 0 Å². The van der Waals surface area contributed by atoms with Crippen LogP contribution in [-0.4, -0.2) is 20.4 Å². The largest absolute Gasteiger partial charge is 0.294 e. The lowest BCUT2D eigenvalue weighted by Crippen LogP contribution is -2.07. The maximum atomic E-state index is 12.2. The molecule has 2 aromatic rings. The SMILES string of the molecule is CCC(CC)CC(=O)c1cnn2ccncc12. The molecule has 0 aromatic carbocycles. The number of nitrogens with zero attached hydrogens (tertiary/aromatic N) is 3. The van der Waals surface area contributed by atoms with E-state index in [4.69, 9.17) is 0 Å². The Morgan fingerprint density at radius 1 is 1.35 bits per heavy atom. The summed E-state index contributed by atoms with van der Waals surface area (Å²) in [6.45, 7) is 4.25. The van der Waals surface area contributed by atoms with Gasteiger partial charge in [-0.2, -0.15) is 5.10 Å². The first-order valence-corrected chi connectivity index (χ1v) is 6.06. The summed E-state index contributed by atoms with van der Waals surface area (Å²) in [5.41, 5.74) is 1.48. The smallest absolute Gasteiger partial charge is 0.167 e. The minimum atomic E-state index is 0.168. The Labute approximate surface area is 101 Å². The van der Waals surface area contributed by atoms with Crippen LogP contribution in [0.25, 0.3) is 5.52 Å². The van der Waals surface area contributed by atoms with Gasteiger partial charge in [0.25, 0.3) is 0 Å². The van der Waals surface area contributed by atoms with Crippen molar-refractivity contribution in [2.24, 2.45) is 5.92 Å². The first-order valence-electron chi connectivity index (χ1n) is 6.06. The topological polar surface area (TPSA) is 47.3 Å². The first-order chi connectivity index (χ1) is 8.26. The normalized spacial score (nSPS) is 11.2. The zero-order valence-corrected chi connectivity index (χ0v) is 10.3. The molecule has 0 atom stereocenters. The van der Waals surface area contributed by atoms with Gasteiger partial charge in [-0.3, -0.25) is 9.78 Å². The summed E-state index contributed by atoms with van der Waals surface area (Å²) in [6, 6.07) is 0. The zero-order chi connectivity index (χ0) is 12.3. The highest BCUT2D eigenvalue weighted by molar-refractivity contribution is 6.02. The van der Waals surface area contributed by atoms with Gasteiger partial charge in [-0.15, -0.1) is 0 Å². The molecule has 0 unspecified atom stereocenters. The molecule has 4 nitrogen and oxygen atoms in total. The van der Waals surface area contributed by atoms with Crippen molar-refractivity contribution in [2.45, 2.75) is 33.1 Å². The van der Waals surface area contributed by atoms with Crippen LogP contribution in [0.5, 0.6) is 0 Å². The van der Waals surface area contributed by atoms with E-state index in [1.54, 1.807) is 29.3 Å². The average Bonchev–Trinajstić information content (AvgIpc) is 2.79. The molecule has 4 heteroatoms. The predicted molar refractivity (Wildman–Crippen MR) is 66.0 cm³/mol. The Bertz CT molecular complexity index is 514. The van der Waals surface area contributed by atoms with Gasteiger partial charge in [0.1, 0.15) is 0 Å². The molecule has 0 aliphatic heterocycles. The third kappa shape index (κ3) is 2.35. The zero-order valence-electron chi connectivity index (χ0n) is 10.3. The van der Waals surface area contributed by atoms with Crippen LogP contribution < -0.4 is 0 Å². The lowest BCUT2D eigenvalue weighted by molar-refractivity contribution is 0.0960. The average molecular weight is 231 g/mol. The quantitative estimate of drug-likeness (QED) is 0.743. The van der Waals surface area contributed by atoms with Crippen LogP contribution in [0.4, 0.5) is 0 Å². The maximum absolute atomic E-state index is 12.2. The number of hydrogen-bond donors (Lipinski definition) is 0. The van der Waals surface area contributed by atoms with Gasteiger partial charge >= 0.3 is 0 Å². The molecule has 0 saturated carbocycles. The number of aromatic nitrogens is 3. The van der Waals surface area contributed by atoms with Gasteiger partial charge < -0.3 is 0 Å². The molecule has 2 rings (SSSR count). The molecule has 0 aliphatic carbocycles. The maximum Gasteiger partial charge on any atom is 0.167 e. The monoisotopic (exact) mass is 231 g/mol. The second kappa shape index (κ2) is 5.08. The molecule has 90 valence electrons. The van der Waals surface area contributed by atoms with Gasteiger partial charge in [-0.05, 0) is 5.92 Å². The van der Waals surface area contributed by atoms with E-state index in [0.29, 0.717) is 17.9 Å². The highest BCUT2D eigenvalue weighted by Gasteiger charge is 2.16. The number of fused-ring (bicyclic) bond motifs is 1. The number of hydrogen-bond acceptors (Lipinski definition) is 3. The second-order valence-corrected chi connectivity index (χ2v) is 4.27. The summed E-state index contributed by atoms with van der Waals surface area (Å²) >= 11 is 0. The van der Waals surface area contributed by atoms with Gasteiger partial charge in [-0.1, -0.05) is 26.7 Å². The van der Waals surface area contributed by atoms with Gasteiger partial charge in [0.05, 0.1) is 23.5 Å². The van der Waals surface area contributed by atoms with Gasteiger partial charge in [-0.25, -0.2) is 4.52 Å². The number of Topliss-reactive ketones (excluding diaryl/α,β-unsaturated/α-hetero) is 1. The van der Waals surface area contributed by atoms with Crippen LogP contribution in [0.1, 0.15) is 43.5 Å². The Balaban J connectivity index is 2.25. The van der Waals surface area contributed by atoms with Crippen LogP contribution in [0.2, 0.25) is 0 Å². The number of carbonyl (C=O) groups excluding carboxylic acids is 1. The minimum Gasteiger partial charge on any atom is -0.294 e. The molecule has 0 fully saturated rings. The van der Waals surface area contributed by atoms with Crippen molar-refractivity contribution in [1.29, 1.82) is 0 Å². The van der Waals surface area contributed by atoms with E-state index in [9.17, 15) is 4.79 Å². The molecule has 2 aromatic heterocycles. The Morgan fingerprint density at radius 2 is 2.12 bits per heavy atom. The van der Waals surface area contributed by atoms with Crippen LogP contribution in [0, 0.1) is 5.92 Å². The van der Waals surface area contributed by atoms with Crippen molar-refractivity contribution >= 4 is 11.3 Å². The lowest BCUT2D eigenvalue weighted by Gasteiger charge is -2.09. The van der Waals surface area contributed by atoms with E-state index in [1.807, 2.05) is 0 Å². The summed E-state index contributed by atoms with van der Waals surface area (Å²) in [7, 11) is 0. The lowest BCUT2D eigenvalue weighted by atomic mass is 9.94. The molecular weight excluding hydrogens is 214 g/mol. The summed E-state index contributed by atoms with van der Waals surface area (Å²) in [5, 5.41) is 4.15. The molecular formula is C13H17N3O. The van der Waals surface area contributed by atoms with Gasteiger partial charge in [0, 0.05) is 18.8 Å².